The SMILES string of the molecule is C=CC(=O)OCC(CC)CCCC.O=C(O)c1ccccc1C(=O)O. The largest absolute Gasteiger partial charge is 0.478 e. The average Bonchev–Trinajstić information content (AvgIpc) is 2.62. The summed E-state index contributed by atoms with van der Waals surface area (Å²) in [6.07, 6.45) is 5.85. The monoisotopic (exact) mass is 350 g/mol. The maximum absolute atomic E-state index is 10.8. The second kappa shape index (κ2) is 12.8. The van der Waals surface area contributed by atoms with E-state index in [1.54, 1.807) is 0 Å². The lowest BCUT2D eigenvalue weighted by Gasteiger charge is -2.13. The molecule has 138 valence electrons. The van der Waals surface area contributed by atoms with Gasteiger partial charge in [0.15, 0.2) is 0 Å². The van der Waals surface area contributed by atoms with Crippen LogP contribution in [-0.2, 0) is 9.53 Å². The highest BCUT2D eigenvalue weighted by Crippen LogP contribution is 2.12. The zero-order valence-corrected chi connectivity index (χ0v) is 14.7. The molecule has 0 aliphatic heterocycles. The molecule has 0 aliphatic carbocycles. The summed E-state index contributed by atoms with van der Waals surface area (Å²) in [6, 6.07) is 5.48. The number of carboxylic acids is 2. The second-order valence-electron chi connectivity index (χ2n) is 5.41. The number of hydrogen-bond donors (Lipinski definition) is 2. The number of carboxylic acid groups (broad SMARTS) is 2. The summed E-state index contributed by atoms with van der Waals surface area (Å²) < 4.78 is 4.98. The third-order valence-electron chi connectivity index (χ3n) is 3.56. The van der Waals surface area contributed by atoms with Gasteiger partial charge < -0.3 is 14.9 Å². The molecule has 0 heterocycles. The normalized spacial score (nSPS) is 10.8. The van der Waals surface area contributed by atoms with E-state index in [0.717, 1.165) is 12.8 Å². The first-order chi connectivity index (χ1) is 11.9. The molecule has 0 saturated carbocycles. The number of hydrogen-bond acceptors (Lipinski definition) is 4. The number of carbonyl (C=O) groups excluding carboxylic acids is 1. The van der Waals surface area contributed by atoms with Crippen LogP contribution < -0.4 is 0 Å². The molecular weight excluding hydrogens is 324 g/mol. The molecule has 0 bridgehead atoms. The lowest BCUT2D eigenvalue weighted by molar-refractivity contribution is -0.139. The molecule has 1 aromatic rings. The molecule has 1 aromatic carbocycles. The van der Waals surface area contributed by atoms with Crippen LogP contribution in [-0.4, -0.2) is 34.7 Å². The molecule has 0 amide bonds. The minimum absolute atomic E-state index is 0.190. The Kier molecular flexibility index (Phi) is 11.4. The lowest BCUT2D eigenvalue weighted by Crippen LogP contribution is -2.12. The van der Waals surface area contributed by atoms with Crippen molar-refractivity contribution in [1.82, 2.24) is 0 Å². The molecule has 25 heavy (non-hydrogen) atoms. The molecule has 6 heteroatoms. The minimum atomic E-state index is -1.23. The van der Waals surface area contributed by atoms with E-state index < -0.39 is 11.9 Å². The van der Waals surface area contributed by atoms with Crippen molar-refractivity contribution in [3.63, 3.8) is 0 Å². The van der Waals surface area contributed by atoms with Gasteiger partial charge in [0.1, 0.15) is 0 Å². The number of rotatable bonds is 9. The molecule has 0 fully saturated rings. The highest BCUT2D eigenvalue weighted by Gasteiger charge is 2.13. The molecule has 1 unspecified atom stereocenters. The number of benzene rings is 1. The summed E-state index contributed by atoms with van der Waals surface area (Å²) in [5.41, 5.74) is -0.380. The Bertz CT molecular complexity index is 546. The predicted octanol–water partition coefficient (Wildman–Crippen LogP) is 4.02. The predicted molar refractivity (Wildman–Crippen MR) is 94.8 cm³/mol. The van der Waals surface area contributed by atoms with E-state index in [0.29, 0.717) is 12.5 Å². The summed E-state index contributed by atoms with van der Waals surface area (Å²) in [6.45, 7) is 8.19. The van der Waals surface area contributed by atoms with Crippen molar-refractivity contribution in [3.8, 4) is 0 Å². The summed E-state index contributed by atoms with van der Waals surface area (Å²) in [5, 5.41) is 17.1. The third-order valence-corrected chi connectivity index (χ3v) is 3.56. The van der Waals surface area contributed by atoms with Crippen molar-refractivity contribution in [3.05, 3.63) is 48.0 Å². The van der Waals surface area contributed by atoms with Gasteiger partial charge in [-0.05, 0) is 24.5 Å². The first kappa shape index (κ1) is 22.4. The fraction of sp³-hybridized carbons (Fsp3) is 0.421. The van der Waals surface area contributed by atoms with Crippen LogP contribution in [0.1, 0.15) is 60.2 Å². The molecular formula is C19H26O6. The molecule has 0 radical (unpaired) electrons. The number of aromatic carboxylic acids is 2. The molecule has 0 saturated heterocycles. The van der Waals surface area contributed by atoms with Crippen LogP contribution in [0.4, 0.5) is 0 Å². The average molecular weight is 350 g/mol. The van der Waals surface area contributed by atoms with Crippen LogP contribution in [0, 0.1) is 5.92 Å². The third kappa shape index (κ3) is 9.30. The van der Waals surface area contributed by atoms with E-state index in [1.807, 2.05) is 0 Å². The van der Waals surface area contributed by atoms with Gasteiger partial charge in [-0.15, -0.1) is 0 Å². The highest BCUT2D eigenvalue weighted by molar-refractivity contribution is 6.01. The quantitative estimate of drug-likeness (QED) is 0.515. The van der Waals surface area contributed by atoms with Gasteiger partial charge in [-0.25, -0.2) is 14.4 Å². The van der Waals surface area contributed by atoms with E-state index in [4.69, 9.17) is 14.9 Å². The van der Waals surface area contributed by atoms with Crippen LogP contribution in [0.15, 0.2) is 36.9 Å². The summed E-state index contributed by atoms with van der Waals surface area (Å²) in [7, 11) is 0. The van der Waals surface area contributed by atoms with Gasteiger partial charge in [0, 0.05) is 6.08 Å². The minimum Gasteiger partial charge on any atom is -0.478 e. The molecule has 0 aromatic heterocycles. The zero-order valence-electron chi connectivity index (χ0n) is 14.7. The molecule has 0 aliphatic rings. The van der Waals surface area contributed by atoms with Crippen LogP contribution in [0.2, 0.25) is 0 Å². The van der Waals surface area contributed by atoms with E-state index in [1.165, 1.54) is 43.2 Å². The topological polar surface area (TPSA) is 101 Å². The molecule has 0 spiro atoms. The number of ether oxygens (including phenoxy) is 1. The van der Waals surface area contributed by atoms with Gasteiger partial charge in [-0.1, -0.05) is 51.8 Å². The van der Waals surface area contributed by atoms with Crippen molar-refractivity contribution in [2.24, 2.45) is 5.92 Å². The Hall–Kier alpha value is -2.63. The Labute approximate surface area is 148 Å². The molecule has 2 N–H and O–H groups in total. The summed E-state index contributed by atoms with van der Waals surface area (Å²) in [5.74, 6) is -2.25. The van der Waals surface area contributed by atoms with E-state index >= 15 is 0 Å². The van der Waals surface area contributed by atoms with Crippen molar-refractivity contribution >= 4 is 17.9 Å². The first-order valence-corrected chi connectivity index (χ1v) is 8.22. The number of carbonyl (C=O) groups is 3. The smallest absolute Gasteiger partial charge is 0.336 e. The molecule has 6 nitrogen and oxygen atoms in total. The summed E-state index contributed by atoms with van der Waals surface area (Å²) >= 11 is 0. The van der Waals surface area contributed by atoms with Gasteiger partial charge >= 0.3 is 17.9 Å². The van der Waals surface area contributed by atoms with Gasteiger partial charge in [-0.3, -0.25) is 0 Å². The first-order valence-electron chi connectivity index (χ1n) is 8.22. The highest BCUT2D eigenvalue weighted by atomic mass is 16.5. The van der Waals surface area contributed by atoms with Crippen molar-refractivity contribution in [2.45, 2.75) is 39.5 Å². The van der Waals surface area contributed by atoms with E-state index in [-0.39, 0.29) is 17.1 Å². The van der Waals surface area contributed by atoms with Gasteiger partial charge in [0.05, 0.1) is 17.7 Å². The van der Waals surface area contributed by atoms with Crippen molar-refractivity contribution in [2.75, 3.05) is 6.61 Å². The molecule has 1 atom stereocenters. The Morgan fingerprint density at radius 2 is 1.64 bits per heavy atom. The Balaban J connectivity index is 0.000000462. The fourth-order valence-electron chi connectivity index (χ4n) is 2.01. The number of unbranched alkanes of at least 4 members (excludes halogenated alkanes) is 1. The van der Waals surface area contributed by atoms with Crippen LogP contribution in [0.3, 0.4) is 0 Å². The zero-order chi connectivity index (χ0) is 19.2. The Morgan fingerprint density at radius 1 is 1.12 bits per heavy atom. The van der Waals surface area contributed by atoms with Crippen molar-refractivity contribution in [1.29, 1.82) is 0 Å². The van der Waals surface area contributed by atoms with E-state index in [9.17, 15) is 14.4 Å². The van der Waals surface area contributed by atoms with E-state index in [2.05, 4.69) is 20.4 Å². The Morgan fingerprint density at radius 3 is 2.00 bits per heavy atom. The maximum Gasteiger partial charge on any atom is 0.336 e. The van der Waals surface area contributed by atoms with Crippen LogP contribution in [0.25, 0.3) is 0 Å². The van der Waals surface area contributed by atoms with Gasteiger partial charge in [0.25, 0.3) is 0 Å². The molecule has 1 rings (SSSR count). The van der Waals surface area contributed by atoms with Crippen molar-refractivity contribution < 1.29 is 29.3 Å². The van der Waals surface area contributed by atoms with Crippen LogP contribution >= 0.6 is 0 Å². The van der Waals surface area contributed by atoms with Gasteiger partial charge in [-0.2, -0.15) is 0 Å². The van der Waals surface area contributed by atoms with Gasteiger partial charge in [0.2, 0.25) is 0 Å². The number of esters is 1. The lowest BCUT2D eigenvalue weighted by atomic mass is 10.0. The maximum atomic E-state index is 10.8. The summed E-state index contributed by atoms with van der Waals surface area (Å²) in [4.78, 5) is 31.7. The fourth-order valence-corrected chi connectivity index (χ4v) is 2.01. The standard InChI is InChI=1S/C11H20O2.C8H6O4/c1-4-7-8-10(5-2)9-13-11(12)6-3;9-7(10)5-3-1-2-4-6(5)8(11)12/h6,10H,3-5,7-9H2,1-2H3;1-4H,(H,9,10)(H,11,12). The van der Waals surface area contributed by atoms with Crippen LogP contribution in [0.5, 0.6) is 0 Å². The second-order valence-corrected chi connectivity index (χ2v) is 5.41.